The molecule has 22 heavy (non-hydrogen) atoms. The third-order valence-corrected chi connectivity index (χ3v) is 4.85. The predicted octanol–water partition coefficient (Wildman–Crippen LogP) is 3.66. The SMILES string of the molecule is CC(C)(C)c1ccc2c(c1)C(=O)C(CN1CCCCC1)CO2. The number of fused-ring (bicyclic) bond motifs is 1. The van der Waals surface area contributed by atoms with Gasteiger partial charge in [0.05, 0.1) is 18.1 Å². The number of ketones is 1. The lowest BCUT2D eigenvalue weighted by atomic mass is 9.84. The summed E-state index contributed by atoms with van der Waals surface area (Å²) >= 11 is 0. The molecule has 0 aliphatic carbocycles. The van der Waals surface area contributed by atoms with E-state index in [0.29, 0.717) is 6.61 Å². The highest BCUT2D eigenvalue weighted by molar-refractivity contribution is 6.01. The first-order valence-electron chi connectivity index (χ1n) is 8.49. The van der Waals surface area contributed by atoms with Crippen LogP contribution in [0.1, 0.15) is 56.0 Å². The molecule has 1 atom stereocenters. The highest BCUT2D eigenvalue weighted by Crippen LogP contribution is 2.32. The zero-order chi connectivity index (χ0) is 15.7. The van der Waals surface area contributed by atoms with Crippen LogP contribution in [0.3, 0.4) is 0 Å². The lowest BCUT2D eigenvalue weighted by molar-refractivity contribution is 0.0752. The number of benzene rings is 1. The molecule has 0 aromatic heterocycles. The van der Waals surface area contributed by atoms with E-state index in [4.69, 9.17) is 4.74 Å². The summed E-state index contributed by atoms with van der Waals surface area (Å²) < 4.78 is 5.87. The van der Waals surface area contributed by atoms with E-state index in [2.05, 4.69) is 31.7 Å². The maximum absolute atomic E-state index is 12.9. The number of carbonyl (C=O) groups is 1. The molecule has 1 fully saturated rings. The number of ether oxygens (including phenoxy) is 1. The van der Waals surface area contributed by atoms with E-state index in [0.717, 1.165) is 30.9 Å². The van der Waals surface area contributed by atoms with Gasteiger partial charge in [-0.1, -0.05) is 33.3 Å². The summed E-state index contributed by atoms with van der Waals surface area (Å²) in [6, 6.07) is 6.09. The van der Waals surface area contributed by atoms with Crippen molar-refractivity contribution in [1.29, 1.82) is 0 Å². The molecule has 2 aliphatic rings. The second-order valence-electron chi connectivity index (χ2n) is 7.69. The third kappa shape index (κ3) is 3.19. The Labute approximate surface area is 133 Å². The maximum atomic E-state index is 12.9. The van der Waals surface area contributed by atoms with E-state index in [-0.39, 0.29) is 17.1 Å². The van der Waals surface area contributed by atoms with Gasteiger partial charge in [0.25, 0.3) is 0 Å². The second-order valence-corrected chi connectivity index (χ2v) is 7.69. The van der Waals surface area contributed by atoms with Gasteiger partial charge >= 0.3 is 0 Å². The average Bonchev–Trinajstić information content (AvgIpc) is 2.50. The number of hydrogen-bond donors (Lipinski definition) is 0. The molecule has 0 saturated carbocycles. The third-order valence-electron chi connectivity index (χ3n) is 4.85. The van der Waals surface area contributed by atoms with Crippen LogP contribution < -0.4 is 4.74 Å². The lowest BCUT2D eigenvalue weighted by Crippen LogP contribution is -2.41. The molecule has 1 aromatic carbocycles. The molecule has 0 amide bonds. The van der Waals surface area contributed by atoms with E-state index in [1.807, 2.05) is 12.1 Å². The first-order valence-corrected chi connectivity index (χ1v) is 8.49. The van der Waals surface area contributed by atoms with Crippen LogP contribution in [-0.2, 0) is 5.41 Å². The van der Waals surface area contributed by atoms with Crippen molar-refractivity contribution in [3.8, 4) is 5.75 Å². The smallest absolute Gasteiger partial charge is 0.174 e. The fourth-order valence-corrected chi connectivity index (χ4v) is 3.39. The van der Waals surface area contributed by atoms with E-state index in [9.17, 15) is 4.79 Å². The van der Waals surface area contributed by atoms with Crippen molar-refractivity contribution < 1.29 is 9.53 Å². The zero-order valence-electron chi connectivity index (χ0n) is 14.0. The first-order chi connectivity index (χ1) is 10.4. The van der Waals surface area contributed by atoms with Crippen molar-refractivity contribution in [2.24, 2.45) is 5.92 Å². The molecule has 3 rings (SSSR count). The number of hydrogen-bond acceptors (Lipinski definition) is 3. The Kier molecular flexibility index (Phi) is 4.26. The topological polar surface area (TPSA) is 29.5 Å². The molecular formula is C19H27NO2. The predicted molar refractivity (Wildman–Crippen MR) is 88.7 cm³/mol. The highest BCUT2D eigenvalue weighted by Gasteiger charge is 2.31. The van der Waals surface area contributed by atoms with Gasteiger partial charge in [0.15, 0.2) is 5.78 Å². The Balaban J connectivity index is 1.78. The molecule has 2 heterocycles. The molecule has 0 N–H and O–H groups in total. The average molecular weight is 301 g/mol. The van der Waals surface area contributed by atoms with Crippen molar-refractivity contribution in [1.82, 2.24) is 4.90 Å². The quantitative estimate of drug-likeness (QED) is 0.835. The normalized spacial score (nSPS) is 23.0. The Morgan fingerprint density at radius 2 is 1.91 bits per heavy atom. The van der Waals surface area contributed by atoms with Crippen LogP contribution in [0.2, 0.25) is 0 Å². The van der Waals surface area contributed by atoms with Gasteiger partial charge < -0.3 is 9.64 Å². The highest BCUT2D eigenvalue weighted by atomic mass is 16.5. The fourth-order valence-electron chi connectivity index (χ4n) is 3.39. The summed E-state index contributed by atoms with van der Waals surface area (Å²) in [6.45, 7) is 10.1. The number of likely N-dealkylation sites (tertiary alicyclic amines) is 1. The monoisotopic (exact) mass is 301 g/mol. The number of Topliss-reactive ketones (excluding diaryl/α,β-unsaturated/α-hetero) is 1. The molecule has 0 bridgehead atoms. The van der Waals surface area contributed by atoms with Crippen molar-refractivity contribution in [2.75, 3.05) is 26.2 Å². The van der Waals surface area contributed by atoms with Crippen LogP contribution in [0.5, 0.6) is 5.75 Å². The standard InChI is InChI=1S/C19H27NO2/c1-19(2,3)15-7-8-17-16(11-15)18(21)14(13-22-17)12-20-9-5-4-6-10-20/h7-8,11,14H,4-6,9-10,12-13H2,1-3H3. The molecule has 3 heteroatoms. The first kappa shape index (κ1) is 15.5. The van der Waals surface area contributed by atoms with Crippen LogP contribution in [0.15, 0.2) is 18.2 Å². The molecule has 0 radical (unpaired) electrons. The molecule has 1 saturated heterocycles. The van der Waals surface area contributed by atoms with Crippen molar-refractivity contribution in [2.45, 2.75) is 45.4 Å². The van der Waals surface area contributed by atoms with E-state index in [1.54, 1.807) is 0 Å². The van der Waals surface area contributed by atoms with Crippen molar-refractivity contribution in [3.05, 3.63) is 29.3 Å². The van der Waals surface area contributed by atoms with Crippen LogP contribution in [0.4, 0.5) is 0 Å². The van der Waals surface area contributed by atoms with E-state index in [1.165, 1.54) is 24.8 Å². The van der Waals surface area contributed by atoms with E-state index >= 15 is 0 Å². The molecular weight excluding hydrogens is 274 g/mol. The minimum absolute atomic E-state index is 0.0131. The van der Waals surface area contributed by atoms with Crippen LogP contribution in [-0.4, -0.2) is 36.9 Å². The minimum atomic E-state index is -0.0131. The number of nitrogens with zero attached hydrogens (tertiary/aromatic N) is 1. The van der Waals surface area contributed by atoms with Gasteiger partial charge in [-0.15, -0.1) is 0 Å². The number of carbonyl (C=O) groups excluding carboxylic acids is 1. The lowest BCUT2D eigenvalue weighted by Gasteiger charge is -2.32. The second kappa shape index (κ2) is 6.04. The fraction of sp³-hybridized carbons (Fsp3) is 0.632. The molecule has 120 valence electrons. The summed E-state index contributed by atoms with van der Waals surface area (Å²) in [5, 5.41) is 0. The van der Waals surface area contributed by atoms with Gasteiger partial charge in [0.1, 0.15) is 5.75 Å². The van der Waals surface area contributed by atoms with Gasteiger partial charge in [0.2, 0.25) is 0 Å². The number of piperidine rings is 1. The van der Waals surface area contributed by atoms with Gasteiger partial charge in [-0.3, -0.25) is 4.79 Å². The van der Waals surface area contributed by atoms with E-state index < -0.39 is 0 Å². The summed E-state index contributed by atoms with van der Waals surface area (Å²) in [6.07, 6.45) is 3.84. The zero-order valence-corrected chi connectivity index (χ0v) is 14.0. The summed E-state index contributed by atoms with van der Waals surface area (Å²) in [4.78, 5) is 15.3. The summed E-state index contributed by atoms with van der Waals surface area (Å²) in [5.74, 6) is 1.01. The Hall–Kier alpha value is -1.35. The largest absolute Gasteiger partial charge is 0.492 e. The Morgan fingerprint density at radius 3 is 2.59 bits per heavy atom. The Morgan fingerprint density at radius 1 is 1.18 bits per heavy atom. The van der Waals surface area contributed by atoms with Crippen LogP contribution in [0, 0.1) is 5.92 Å². The maximum Gasteiger partial charge on any atom is 0.174 e. The van der Waals surface area contributed by atoms with Gasteiger partial charge in [-0.25, -0.2) is 0 Å². The Bertz CT molecular complexity index is 553. The molecule has 2 aliphatic heterocycles. The minimum Gasteiger partial charge on any atom is -0.492 e. The van der Waals surface area contributed by atoms with Gasteiger partial charge in [-0.05, 0) is 49.0 Å². The van der Waals surface area contributed by atoms with Crippen LogP contribution >= 0.6 is 0 Å². The molecule has 1 unspecified atom stereocenters. The van der Waals surface area contributed by atoms with Crippen molar-refractivity contribution >= 4 is 5.78 Å². The van der Waals surface area contributed by atoms with Gasteiger partial charge in [-0.2, -0.15) is 0 Å². The molecule has 0 spiro atoms. The van der Waals surface area contributed by atoms with Gasteiger partial charge in [0, 0.05) is 6.54 Å². The summed E-state index contributed by atoms with van der Waals surface area (Å²) in [5.41, 5.74) is 2.03. The number of rotatable bonds is 2. The van der Waals surface area contributed by atoms with Crippen molar-refractivity contribution in [3.63, 3.8) is 0 Å². The van der Waals surface area contributed by atoms with Crippen LogP contribution in [0.25, 0.3) is 0 Å². The molecule has 1 aromatic rings. The summed E-state index contributed by atoms with van der Waals surface area (Å²) in [7, 11) is 0. The molecule has 3 nitrogen and oxygen atoms in total.